The fourth-order valence-corrected chi connectivity index (χ4v) is 1.47. The molecule has 1 amide bonds. The van der Waals surface area contributed by atoms with Crippen LogP contribution in [-0.4, -0.2) is 11.7 Å². The monoisotopic (exact) mass is 232 g/mol. The van der Waals surface area contributed by atoms with Gasteiger partial charge in [-0.05, 0) is 26.8 Å². The number of carbonyl (C=O) groups excluding carboxylic acids is 2. The third kappa shape index (κ3) is 2.61. The number of nitrogens with zero attached hydrogens (tertiary/aromatic N) is 1. The van der Waals surface area contributed by atoms with Gasteiger partial charge in [-0.25, -0.2) is 0 Å². The van der Waals surface area contributed by atoms with E-state index in [9.17, 15) is 9.59 Å². The van der Waals surface area contributed by atoms with Gasteiger partial charge < -0.3 is 4.42 Å². The summed E-state index contributed by atoms with van der Waals surface area (Å²) in [5.74, 6) is -0.342. The number of amides is 1. The Morgan fingerprint density at radius 1 is 1.47 bits per heavy atom. The number of rotatable bonds is 3. The van der Waals surface area contributed by atoms with Crippen molar-refractivity contribution in [2.75, 3.05) is 5.32 Å². The highest BCUT2D eigenvalue weighted by molar-refractivity contribution is 6.03. The Bertz CT molecular complexity index is 533. The summed E-state index contributed by atoms with van der Waals surface area (Å²) < 4.78 is 5.21. The molecule has 1 aromatic heterocycles. The molecule has 88 valence electrons. The summed E-state index contributed by atoms with van der Waals surface area (Å²) in [5, 5.41) is 11.4. The van der Waals surface area contributed by atoms with Gasteiger partial charge in [0.2, 0.25) is 11.8 Å². The average Bonchev–Trinajstić information content (AvgIpc) is 2.54. The molecule has 0 saturated carbocycles. The van der Waals surface area contributed by atoms with Crippen molar-refractivity contribution in [1.29, 1.82) is 5.26 Å². The number of furan rings is 1. The van der Waals surface area contributed by atoms with Crippen LogP contribution in [-0.2, 0) is 4.79 Å². The second-order valence-electron chi connectivity index (χ2n) is 3.39. The highest BCUT2D eigenvalue weighted by Crippen LogP contribution is 2.26. The molecule has 0 spiro atoms. The Labute approximate surface area is 98.7 Å². The normalized spacial score (nSPS) is 10.2. The topological polar surface area (TPSA) is 83.1 Å². The van der Waals surface area contributed by atoms with E-state index >= 15 is 0 Å². The Morgan fingerprint density at radius 3 is 2.59 bits per heavy atom. The summed E-state index contributed by atoms with van der Waals surface area (Å²) in [6.45, 7) is 4.61. The van der Waals surface area contributed by atoms with E-state index in [0.29, 0.717) is 5.76 Å². The van der Waals surface area contributed by atoms with Crippen LogP contribution in [0, 0.1) is 18.3 Å². The third-order valence-corrected chi connectivity index (χ3v) is 2.10. The van der Waals surface area contributed by atoms with E-state index < -0.39 is 5.91 Å². The van der Waals surface area contributed by atoms with Gasteiger partial charge in [0.15, 0.2) is 5.78 Å². The number of aryl methyl sites for hydroxylation is 1. The minimum atomic E-state index is -0.409. The Kier molecular flexibility index (Phi) is 3.83. The molecular weight excluding hydrogens is 220 g/mol. The molecular formula is C12H12N2O3. The van der Waals surface area contributed by atoms with Crippen molar-refractivity contribution in [3.05, 3.63) is 29.0 Å². The first-order chi connectivity index (χ1) is 8.01. The quantitative estimate of drug-likeness (QED) is 0.639. The molecule has 17 heavy (non-hydrogen) atoms. The first-order valence-corrected chi connectivity index (χ1v) is 4.99. The molecule has 1 rings (SSSR count). The van der Waals surface area contributed by atoms with E-state index in [1.807, 2.05) is 6.07 Å². The van der Waals surface area contributed by atoms with Gasteiger partial charge in [0.25, 0.3) is 0 Å². The second-order valence-corrected chi connectivity index (χ2v) is 3.39. The van der Waals surface area contributed by atoms with E-state index in [1.165, 1.54) is 13.0 Å². The number of carbonyl (C=O) groups is 2. The Balaban J connectivity index is 3.19. The first-order valence-electron chi connectivity index (χ1n) is 4.99. The number of hydrogen-bond acceptors (Lipinski definition) is 4. The SMILES string of the molecule is C/C=C/C(=O)Nc1oc(C)c(C(C)=O)c1C#N. The number of hydrogen-bond donors (Lipinski definition) is 1. The van der Waals surface area contributed by atoms with Gasteiger partial charge in [0.05, 0.1) is 5.56 Å². The highest BCUT2D eigenvalue weighted by Gasteiger charge is 2.21. The number of allylic oxidation sites excluding steroid dienone is 1. The fourth-order valence-electron chi connectivity index (χ4n) is 1.47. The largest absolute Gasteiger partial charge is 0.443 e. The zero-order valence-electron chi connectivity index (χ0n) is 9.83. The van der Waals surface area contributed by atoms with E-state index in [1.54, 1.807) is 19.9 Å². The molecule has 0 aromatic carbocycles. The van der Waals surface area contributed by atoms with Gasteiger partial charge in [0.1, 0.15) is 17.4 Å². The average molecular weight is 232 g/mol. The molecule has 0 aliphatic rings. The summed E-state index contributed by atoms with van der Waals surface area (Å²) >= 11 is 0. The van der Waals surface area contributed by atoms with Crippen LogP contribution in [0.3, 0.4) is 0 Å². The molecule has 1 aromatic rings. The van der Waals surface area contributed by atoms with Gasteiger partial charge >= 0.3 is 0 Å². The van der Waals surface area contributed by atoms with Crippen molar-refractivity contribution in [2.45, 2.75) is 20.8 Å². The molecule has 1 heterocycles. The lowest BCUT2D eigenvalue weighted by molar-refractivity contribution is -0.112. The van der Waals surface area contributed by atoms with Crippen LogP contribution in [0.5, 0.6) is 0 Å². The number of ketones is 1. The second kappa shape index (κ2) is 5.12. The predicted octanol–water partition coefficient (Wildman–Crippen LogP) is 2.18. The summed E-state index contributed by atoms with van der Waals surface area (Å²) in [4.78, 5) is 22.7. The van der Waals surface area contributed by atoms with Crippen molar-refractivity contribution in [2.24, 2.45) is 0 Å². The molecule has 0 atom stereocenters. The van der Waals surface area contributed by atoms with Crippen LogP contribution in [0.2, 0.25) is 0 Å². The lowest BCUT2D eigenvalue weighted by Gasteiger charge is -1.97. The van der Waals surface area contributed by atoms with Crippen molar-refractivity contribution >= 4 is 17.6 Å². The number of nitriles is 1. The van der Waals surface area contributed by atoms with Crippen LogP contribution in [0.1, 0.15) is 35.5 Å². The first kappa shape index (κ1) is 12.7. The molecule has 0 saturated heterocycles. The summed E-state index contributed by atoms with van der Waals surface area (Å²) in [6, 6.07) is 1.86. The van der Waals surface area contributed by atoms with Crippen LogP contribution >= 0.6 is 0 Å². The maximum atomic E-state index is 11.3. The molecule has 5 heteroatoms. The molecule has 5 nitrogen and oxygen atoms in total. The van der Waals surface area contributed by atoms with Crippen molar-refractivity contribution in [3.63, 3.8) is 0 Å². The summed E-state index contributed by atoms with van der Waals surface area (Å²) in [7, 11) is 0. The lowest BCUT2D eigenvalue weighted by atomic mass is 10.1. The smallest absolute Gasteiger partial charge is 0.250 e. The molecule has 0 aliphatic carbocycles. The van der Waals surface area contributed by atoms with Crippen molar-refractivity contribution in [3.8, 4) is 6.07 Å². The maximum absolute atomic E-state index is 11.3. The highest BCUT2D eigenvalue weighted by atomic mass is 16.4. The van der Waals surface area contributed by atoms with Gasteiger partial charge in [-0.3, -0.25) is 14.9 Å². The van der Waals surface area contributed by atoms with Crippen LogP contribution in [0.4, 0.5) is 5.88 Å². The molecule has 0 fully saturated rings. The van der Waals surface area contributed by atoms with E-state index in [4.69, 9.17) is 9.68 Å². The van der Waals surface area contributed by atoms with Crippen LogP contribution < -0.4 is 5.32 Å². The standard InChI is InChI=1S/C12H12N2O3/c1-4-5-10(16)14-12-9(6-13)11(7(2)15)8(3)17-12/h4-5H,1-3H3,(H,14,16)/b5-4+. The molecule has 0 radical (unpaired) electrons. The maximum Gasteiger partial charge on any atom is 0.250 e. The third-order valence-electron chi connectivity index (χ3n) is 2.10. The number of nitrogens with one attached hydrogen (secondary N) is 1. The van der Waals surface area contributed by atoms with Gasteiger partial charge in [-0.15, -0.1) is 0 Å². The summed E-state index contributed by atoms with van der Waals surface area (Å²) in [5.41, 5.74) is 0.274. The van der Waals surface area contributed by atoms with E-state index in [2.05, 4.69) is 5.32 Å². The zero-order chi connectivity index (χ0) is 13.0. The fraction of sp³-hybridized carbons (Fsp3) is 0.250. The van der Waals surface area contributed by atoms with Gasteiger partial charge in [-0.2, -0.15) is 5.26 Å². The van der Waals surface area contributed by atoms with Crippen molar-refractivity contribution < 1.29 is 14.0 Å². The van der Waals surface area contributed by atoms with E-state index in [-0.39, 0.29) is 22.8 Å². The minimum Gasteiger partial charge on any atom is -0.443 e. The molecule has 0 unspecified atom stereocenters. The van der Waals surface area contributed by atoms with Gasteiger partial charge in [0, 0.05) is 0 Å². The lowest BCUT2D eigenvalue weighted by Crippen LogP contribution is -2.08. The number of anilines is 1. The molecule has 1 N–H and O–H groups in total. The van der Waals surface area contributed by atoms with E-state index in [0.717, 1.165) is 0 Å². The Hall–Kier alpha value is -2.35. The predicted molar refractivity (Wildman–Crippen MR) is 61.6 cm³/mol. The molecule has 0 bridgehead atoms. The zero-order valence-corrected chi connectivity index (χ0v) is 9.83. The van der Waals surface area contributed by atoms with Crippen LogP contribution in [0.15, 0.2) is 16.6 Å². The Morgan fingerprint density at radius 2 is 2.12 bits per heavy atom. The minimum absolute atomic E-state index is 0.0123. The van der Waals surface area contributed by atoms with Gasteiger partial charge in [-0.1, -0.05) is 6.08 Å². The molecule has 0 aliphatic heterocycles. The number of Topliss-reactive ketones (excluding diaryl/α,β-unsaturated/α-hetero) is 1. The van der Waals surface area contributed by atoms with Crippen molar-refractivity contribution in [1.82, 2.24) is 0 Å². The van der Waals surface area contributed by atoms with Crippen LogP contribution in [0.25, 0.3) is 0 Å². The summed E-state index contributed by atoms with van der Waals surface area (Å²) in [6.07, 6.45) is 2.86.